The van der Waals surface area contributed by atoms with Crippen LogP contribution in [0.25, 0.3) is 0 Å². The van der Waals surface area contributed by atoms with Crippen molar-refractivity contribution in [1.29, 1.82) is 0 Å². The van der Waals surface area contributed by atoms with Gasteiger partial charge in [-0.05, 0) is 53.1 Å². The largest absolute Gasteiger partial charge is 0.340 e. The van der Waals surface area contributed by atoms with Gasteiger partial charge in [-0.15, -0.1) is 0 Å². The molecule has 0 saturated carbocycles. The van der Waals surface area contributed by atoms with Crippen LogP contribution < -0.4 is 0 Å². The van der Waals surface area contributed by atoms with E-state index in [1.807, 2.05) is 16.8 Å². The third-order valence-electron chi connectivity index (χ3n) is 4.25. The summed E-state index contributed by atoms with van der Waals surface area (Å²) >= 11 is 1.61. The second-order valence-electron chi connectivity index (χ2n) is 5.87. The number of aryl methyl sites for hydroxylation is 1. The third kappa shape index (κ3) is 4.26. The molecule has 2 heterocycles. The first-order valence-corrected chi connectivity index (χ1v) is 10.4. The summed E-state index contributed by atoms with van der Waals surface area (Å²) in [5.74, 6) is -0.426. The predicted molar refractivity (Wildman–Crippen MR) is 94.4 cm³/mol. The van der Waals surface area contributed by atoms with Crippen molar-refractivity contribution in [1.82, 2.24) is 9.21 Å². The number of halogens is 1. The number of piperazine rings is 1. The molecule has 1 aliphatic heterocycles. The molecular weight excluding hydrogens is 363 g/mol. The van der Waals surface area contributed by atoms with E-state index in [-0.39, 0.29) is 23.9 Å². The van der Waals surface area contributed by atoms with Gasteiger partial charge in [0.05, 0.1) is 4.90 Å². The first-order chi connectivity index (χ1) is 12.0. The fourth-order valence-corrected chi connectivity index (χ4v) is 4.90. The van der Waals surface area contributed by atoms with Gasteiger partial charge in [-0.3, -0.25) is 4.79 Å². The molecule has 1 amide bonds. The fourth-order valence-electron chi connectivity index (χ4n) is 2.78. The van der Waals surface area contributed by atoms with Gasteiger partial charge < -0.3 is 4.90 Å². The van der Waals surface area contributed by atoms with Crippen molar-refractivity contribution in [3.05, 3.63) is 52.5 Å². The Hall–Kier alpha value is -1.77. The Morgan fingerprint density at radius 2 is 1.76 bits per heavy atom. The smallest absolute Gasteiger partial charge is 0.243 e. The van der Waals surface area contributed by atoms with E-state index < -0.39 is 15.8 Å². The minimum Gasteiger partial charge on any atom is -0.340 e. The number of sulfonamides is 1. The van der Waals surface area contributed by atoms with Crippen LogP contribution in [-0.4, -0.2) is 49.7 Å². The van der Waals surface area contributed by atoms with Crippen LogP contribution in [0.15, 0.2) is 46.0 Å². The second-order valence-corrected chi connectivity index (χ2v) is 8.59. The van der Waals surface area contributed by atoms with Crippen LogP contribution in [0.1, 0.15) is 12.0 Å². The van der Waals surface area contributed by atoms with Crippen molar-refractivity contribution in [2.24, 2.45) is 0 Å². The van der Waals surface area contributed by atoms with Gasteiger partial charge in [-0.1, -0.05) is 0 Å². The second kappa shape index (κ2) is 7.63. The maximum atomic E-state index is 13.0. The molecule has 134 valence electrons. The molecule has 8 heteroatoms. The van der Waals surface area contributed by atoms with E-state index in [2.05, 4.69) is 0 Å². The highest BCUT2D eigenvalue weighted by Crippen LogP contribution is 2.18. The van der Waals surface area contributed by atoms with Gasteiger partial charge >= 0.3 is 0 Å². The Morgan fingerprint density at radius 1 is 1.08 bits per heavy atom. The van der Waals surface area contributed by atoms with Crippen molar-refractivity contribution < 1.29 is 17.6 Å². The average Bonchev–Trinajstić information content (AvgIpc) is 3.14. The van der Waals surface area contributed by atoms with E-state index in [9.17, 15) is 17.6 Å². The third-order valence-corrected chi connectivity index (χ3v) is 6.90. The van der Waals surface area contributed by atoms with Gasteiger partial charge in [0.25, 0.3) is 0 Å². The van der Waals surface area contributed by atoms with Crippen LogP contribution in [0.2, 0.25) is 0 Å². The molecule has 0 aliphatic carbocycles. The van der Waals surface area contributed by atoms with E-state index in [4.69, 9.17) is 0 Å². The molecule has 1 aromatic carbocycles. The lowest BCUT2D eigenvalue weighted by molar-refractivity contribution is -0.132. The minimum atomic E-state index is -3.65. The van der Waals surface area contributed by atoms with Crippen molar-refractivity contribution >= 4 is 27.3 Å². The zero-order chi connectivity index (χ0) is 17.9. The molecule has 2 aromatic rings. The minimum absolute atomic E-state index is 0.0463. The summed E-state index contributed by atoms with van der Waals surface area (Å²) in [5.41, 5.74) is 1.15. The molecule has 0 spiro atoms. The molecule has 0 N–H and O–H groups in total. The number of rotatable bonds is 5. The summed E-state index contributed by atoms with van der Waals surface area (Å²) in [6.45, 7) is 1.26. The van der Waals surface area contributed by atoms with Gasteiger partial charge in [-0.25, -0.2) is 12.8 Å². The molecule has 0 unspecified atom stereocenters. The average molecular weight is 382 g/mol. The number of hydrogen-bond acceptors (Lipinski definition) is 4. The normalized spacial score (nSPS) is 16.1. The van der Waals surface area contributed by atoms with Gasteiger partial charge in [0.2, 0.25) is 15.9 Å². The molecule has 1 fully saturated rings. The Bertz CT molecular complexity index is 812. The Morgan fingerprint density at radius 3 is 2.36 bits per heavy atom. The number of benzene rings is 1. The summed E-state index contributed by atoms with van der Waals surface area (Å²) in [6.07, 6.45) is 1.14. The first kappa shape index (κ1) is 18.0. The van der Waals surface area contributed by atoms with E-state index >= 15 is 0 Å². The lowest BCUT2D eigenvalue weighted by Crippen LogP contribution is -2.50. The monoisotopic (exact) mass is 382 g/mol. The molecule has 0 radical (unpaired) electrons. The first-order valence-electron chi connectivity index (χ1n) is 8.01. The quantitative estimate of drug-likeness (QED) is 0.798. The van der Waals surface area contributed by atoms with Crippen LogP contribution >= 0.6 is 11.3 Å². The van der Waals surface area contributed by atoms with Crippen molar-refractivity contribution in [3.63, 3.8) is 0 Å². The van der Waals surface area contributed by atoms with Crippen LogP contribution in [-0.2, 0) is 21.2 Å². The van der Waals surface area contributed by atoms with Crippen LogP contribution in [0, 0.1) is 5.82 Å². The number of carbonyl (C=O) groups excluding carboxylic acids is 1. The van der Waals surface area contributed by atoms with Crippen molar-refractivity contribution in [3.8, 4) is 0 Å². The van der Waals surface area contributed by atoms with Crippen LogP contribution in [0.3, 0.4) is 0 Å². The van der Waals surface area contributed by atoms with Gasteiger partial charge in [0.15, 0.2) is 0 Å². The lowest BCUT2D eigenvalue weighted by Gasteiger charge is -2.34. The summed E-state index contributed by atoms with van der Waals surface area (Å²) in [6, 6.07) is 6.81. The summed E-state index contributed by atoms with van der Waals surface area (Å²) in [4.78, 5) is 14.1. The maximum absolute atomic E-state index is 13.0. The van der Waals surface area contributed by atoms with Crippen LogP contribution in [0.5, 0.6) is 0 Å². The number of hydrogen-bond donors (Lipinski definition) is 0. The van der Waals surface area contributed by atoms with Crippen LogP contribution in [0.4, 0.5) is 4.39 Å². The molecule has 1 aromatic heterocycles. The molecule has 25 heavy (non-hydrogen) atoms. The fraction of sp³-hybridized carbons (Fsp3) is 0.353. The molecule has 3 rings (SSSR count). The predicted octanol–water partition coefficient (Wildman–Crippen LogP) is 2.35. The maximum Gasteiger partial charge on any atom is 0.243 e. The van der Waals surface area contributed by atoms with Crippen molar-refractivity contribution in [2.75, 3.05) is 26.2 Å². The molecule has 0 bridgehead atoms. The highest BCUT2D eigenvalue weighted by molar-refractivity contribution is 7.89. The number of carbonyl (C=O) groups is 1. The lowest BCUT2D eigenvalue weighted by atomic mass is 10.1. The Labute approximate surface area is 150 Å². The van der Waals surface area contributed by atoms with Crippen molar-refractivity contribution in [2.45, 2.75) is 17.7 Å². The van der Waals surface area contributed by atoms with Gasteiger partial charge in [0.1, 0.15) is 5.82 Å². The molecular formula is C17H19FN2O3S2. The summed E-state index contributed by atoms with van der Waals surface area (Å²) in [5, 5.41) is 4.01. The van der Waals surface area contributed by atoms with E-state index in [0.29, 0.717) is 25.9 Å². The molecule has 1 saturated heterocycles. The number of nitrogens with zero attached hydrogens (tertiary/aromatic N) is 2. The van der Waals surface area contributed by atoms with Gasteiger partial charge in [0, 0.05) is 32.6 Å². The SMILES string of the molecule is O=C(CCc1ccsc1)N1CCN(S(=O)(=O)c2ccc(F)cc2)CC1. The zero-order valence-corrected chi connectivity index (χ0v) is 15.2. The van der Waals surface area contributed by atoms with Gasteiger partial charge in [-0.2, -0.15) is 15.6 Å². The highest BCUT2D eigenvalue weighted by Gasteiger charge is 2.29. The Balaban J connectivity index is 1.55. The molecule has 5 nitrogen and oxygen atoms in total. The van der Waals surface area contributed by atoms with E-state index in [1.165, 1.54) is 16.4 Å². The van der Waals surface area contributed by atoms with E-state index in [0.717, 1.165) is 17.7 Å². The summed E-state index contributed by atoms with van der Waals surface area (Å²) in [7, 11) is -3.65. The highest BCUT2D eigenvalue weighted by atomic mass is 32.2. The standard InChI is InChI=1S/C17H19FN2O3S2/c18-15-2-4-16(5-3-15)25(22,23)20-10-8-19(9-11-20)17(21)6-1-14-7-12-24-13-14/h2-5,7,12-13H,1,6,8-11H2. The number of thiophene rings is 1. The number of amides is 1. The molecule has 1 aliphatic rings. The summed E-state index contributed by atoms with van der Waals surface area (Å²) < 4.78 is 39.4. The topological polar surface area (TPSA) is 57.7 Å². The van der Waals surface area contributed by atoms with E-state index in [1.54, 1.807) is 16.2 Å². The Kier molecular flexibility index (Phi) is 5.51. The molecule has 0 atom stereocenters. The zero-order valence-electron chi connectivity index (χ0n) is 13.6.